The van der Waals surface area contributed by atoms with Crippen molar-refractivity contribution in [1.82, 2.24) is 15.0 Å². The van der Waals surface area contributed by atoms with Gasteiger partial charge in [-0.15, -0.1) is 0 Å². The van der Waals surface area contributed by atoms with Crippen LogP contribution < -0.4 is 19.9 Å². The normalized spacial score (nSPS) is 17.9. The van der Waals surface area contributed by atoms with Gasteiger partial charge in [-0.3, -0.25) is 14.5 Å². The molecule has 2 aromatic heterocycles. The van der Waals surface area contributed by atoms with Gasteiger partial charge in [-0.2, -0.15) is 26.3 Å². The molecule has 254 valence electrons. The predicted octanol–water partition coefficient (Wildman–Crippen LogP) is 6.24. The topological polar surface area (TPSA) is 127 Å². The molecule has 3 amide bonds. The van der Waals surface area contributed by atoms with Gasteiger partial charge in [-0.05, 0) is 49.6 Å². The third-order valence-electron chi connectivity index (χ3n) is 7.70. The number of nitrogens with one attached hydrogen (secondary N) is 1. The molecule has 48 heavy (non-hydrogen) atoms. The zero-order valence-corrected chi connectivity index (χ0v) is 25.6. The summed E-state index contributed by atoms with van der Waals surface area (Å²) in [7, 11) is 1.40. The smallest absolute Gasteiger partial charge is 0.416 e. The van der Waals surface area contributed by atoms with E-state index in [0.717, 1.165) is 18.3 Å². The fourth-order valence-electron chi connectivity index (χ4n) is 5.53. The quantitative estimate of drug-likeness (QED) is 0.218. The summed E-state index contributed by atoms with van der Waals surface area (Å²) in [5.74, 6) is -1.51. The second-order valence-corrected chi connectivity index (χ2v) is 10.8. The van der Waals surface area contributed by atoms with Crippen molar-refractivity contribution < 1.29 is 50.2 Å². The Balaban J connectivity index is 1.59. The first-order valence-corrected chi connectivity index (χ1v) is 14.6. The number of methoxy groups -OCH3 is 1. The summed E-state index contributed by atoms with van der Waals surface area (Å²) in [4.78, 5) is 53.3. The number of imide groups is 1. The van der Waals surface area contributed by atoms with Gasteiger partial charge in [0.15, 0.2) is 0 Å². The minimum absolute atomic E-state index is 0.000337. The maximum atomic E-state index is 13.6. The summed E-state index contributed by atoms with van der Waals surface area (Å²) < 4.78 is 92.3. The monoisotopic (exact) mass is 678 g/mol. The van der Waals surface area contributed by atoms with Crippen molar-refractivity contribution in [2.24, 2.45) is 0 Å². The number of fused-ring (bicyclic) bond motifs is 1. The van der Waals surface area contributed by atoms with Crippen LogP contribution in [-0.2, 0) is 33.1 Å². The van der Waals surface area contributed by atoms with Crippen LogP contribution in [0.4, 0.5) is 48.5 Å². The van der Waals surface area contributed by atoms with E-state index < -0.39 is 59.4 Å². The Morgan fingerprint density at radius 2 is 1.60 bits per heavy atom. The van der Waals surface area contributed by atoms with Crippen molar-refractivity contribution in [1.29, 1.82) is 0 Å². The lowest BCUT2D eigenvalue weighted by atomic mass is 9.93. The molecule has 0 radical (unpaired) electrons. The number of nitrogens with zero attached hydrogens (tertiary/aromatic N) is 5. The molecule has 0 saturated carbocycles. The molecule has 1 N–H and O–H groups in total. The first-order valence-electron chi connectivity index (χ1n) is 14.6. The number of ether oxygens (including phenoxy) is 2. The van der Waals surface area contributed by atoms with Crippen molar-refractivity contribution in [2.45, 2.75) is 57.5 Å². The number of pyridine rings is 1. The van der Waals surface area contributed by atoms with E-state index in [0.29, 0.717) is 34.8 Å². The number of carbonyl (C=O) groups is 3. The number of hydrogen-bond donors (Lipinski definition) is 1. The highest BCUT2D eigenvalue weighted by atomic mass is 19.4. The average Bonchev–Trinajstić information content (AvgIpc) is 3.36. The summed E-state index contributed by atoms with van der Waals surface area (Å²) in [6, 6.07) is 3.22. The number of anilines is 3. The van der Waals surface area contributed by atoms with Crippen LogP contribution in [0.25, 0.3) is 0 Å². The van der Waals surface area contributed by atoms with Gasteiger partial charge in [0.05, 0.1) is 59.8 Å². The van der Waals surface area contributed by atoms with Crippen molar-refractivity contribution in [3.05, 3.63) is 76.8 Å². The molecule has 0 bridgehead atoms. The van der Waals surface area contributed by atoms with Gasteiger partial charge in [0.1, 0.15) is 0 Å². The molecule has 1 aromatic carbocycles. The van der Waals surface area contributed by atoms with E-state index in [-0.39, 0.29) is 48.3 Å². The third-order valence-corrected chi connectivity index (χ3v) is 7.70. The van der Waals surface area contributed by atoms with Gasteiger partial charge in [-0.1, -0.05) is 6.92 Å². The Morgan fingerprint density at radius 3 is 2.17 bits per heavy atom. The number of carbonyl (C=O) groups excluding carboxylic acids is 3. The van der Waals surface area contributed by atoms with Crippen LogP contribution in [0.2, 0.25) is 0 Å². The number of alkyl halides is 6. The van der Waals surface area contributed by atoms with Crippen LogP contribution in [0, 0.1) is 0 Å². The largest absolute Gasteiger partial charge is 0.481 e. The van der Waals surface area contributed by atoms with E-state index in [2.05, 4.69) is 20.3 Å². The van der Waals surface area contributed by atoms with Crippen LogP contribution in [0.15, 0.2) is 48.7 Å². The molecule has 2 aliphatic heterocycles. The Labute approximate surface area is 269 Å². The molecule has 0 fully saturated rings. The zero-order chi connectivity index (χ0) is 35.0. The molecule has 17 heteroatoms. The second kappa shape index (κ2) is 13.1. The van der Waals surface area contributed by atoms with Crippen LogP contribution >= 0.6 is 0 Å². The molecule has 0 unspecified atom stereocenters. The third kappa shape index (κ3) is 6.89. The molecule has 5 rings (SSSR count). The summed E-state index contributed by atoms with van der Waals surface area (Å²) in [5, 5.41) is 3.10. The number of aromatic nitrogens is 3. The molecule has 11 nitrogen and oxygen atoms in total. The Morgan fingerprint density at radius 1 is 0.958 bits per heavy atom. The van der Waals surface area contributed by atoms with Crippen molar-refractivity contribution in [3.8, 4) is 5.88 Å². The highest BCUT2D eigenvalue weighted by Crippen LogP contribution is 2.41. The lowest BCUT2D eigenvalue weighted by Crippen LogP contribution is -2.46. The van der Waals surface area contributed by atoms with Crippen LogP contribution in [0.5, 0.6) is 5.88 Å². The summed E-state index contributed by atoms with van der Waals surface area (Å²) >= 11 is 0. The van der Waals surface area contributed by atoms with Crippen molar-refractivity contribution >= 4 is 35.2 Å². The first-order chi connectivity index (χ1) is 22.6. The van der Waals surface area contributed by atoms with Crippen molar-refractivity contribution in [3.63, 3.8) is 0 Å². The average molecular weight is 679 g/mol. The minimum atomic E-state index is -5.10. The van der Waals surface area contributed by atoms with E-state index in [1.165, 1.54) is 12.0 Å². The molecular weight excluding hydrogens is 650 g/mol. The number of halogens is 6. The molecule has 2 aliphatic rings. The fraction of sp³-hybridized carbons (Fsp3) is 0.355. The molecule has 0 saturated heterocycles. The minimum Gasteiger partial charge on any atom is -0.481 e. The lowest BCUT2D eigenvalue weighted by Gasteiger charge is -2.39. The van der Waals surface area contributed by atoms with E-state index >= 15 is 0 Å². The maximum absolute atomic E-state index is 13.6. The first kappa shape index (κ1) is 34.1. The van der Waals surface area contributed by atoms with Gasteiger partial charge in [-0.25, -0.2) is 24.6 Å². The standard InChI is InChI=1S/C31H28F6N6O5/c1-4-19-14-21(27-22(6-7-24(41-27)47-3)42(19)29(46)48-5-2)40-28-38-15-23(43-25(44)8-9-26(43)45)20(39-28)12-16-10-17(30(32,33)34)13-18(11-16)31(35,36)37/h6-11,13,15,19,21H,4-5,12,14H2,1-3H3,(H,38,39,40)/t19-,21+/m1/s1. The Kier molecular flexibility index (Phi) is 9.33. The summed E-state index contributed by atoms with van der Waals surface area (Å²) in [6.07, 6.45) is -7.67. The number of amides is 3. The molecule has 4 heterocycles. The van der Waals surface area contributed by atoms with E-state index in [9.17, 15) is 40.7 Å². The number of hydrogen-bond acceptors (Lipinski definition) is 9. The predicted molar refractivity (Wildman–Crippen MR) is 158 cm³/mol. The van der Waals surface area contributed by atoms with Gasteiger partial charge in [0.25, 0.3) is 11.8 Å². The second-order valence-electron chi connectivity index (χ2n) is 10.8. The van der Waals surface area contributed by atoms with E-state index in [1.54, 1.807) is 19.1 Å². The van der Waals surface area contributed by atoms with Crippen LogP contribution in [-0.4, -0.2) is 52.6 Å². The number of benzene rings is 1. The lowest BCUT2D eigenvalue weighted by molar-refractivity contribution is -0.143. The number of rotatable bonds is 8. The summed E-state index contributed by atoms with van der Waals surface area (Å²) in [5.41, 5.74) is -3.18. The van der Waals surface area contributed by atoms with E-state index in [4.69, 9.17) is 9.47 Å². The molecule has 2 atom stereocenters. The molecule has 0 aliphatic carbocycles. The van der Waals surface area contributed by atoms with Gasteiger partial charge in [0, 0.05) is 30.7 Å². The van der Waals surface area contributed by atoms with Gasteiger partial charge in [0.2, 0.25) is 11.8 Å². The molecule has 0 spiro atoms. The zero-order valence-electron chi connectivity index (χ0n) is 25.6. The van der Waals surface area contributed by atoms with E-state index in [1.807, 2.05) is 6.92 Å². The Hall–Kier alpha value is -5.22. The van der Waals surface area contributed by atoms with Gasteiger partial charge >= 0.3 is 18.4 Å². The van der Waals surface area contributed by atoms with Gasteiger partial charge < -0.3 is 14.8 Å². The van der Waals surface area contributed by atoms with Crippen LogP contribution in [0.3, 0.4) is 0 Å². The molecule has 3 aromatic rings. The highest BCUT2D eigenvalue weighted by Gasteiger charge is 2.39. The van der Waals surface area contributed by atoms with Crippen LogP contribution in [0.1, 0.15) is 60.8 Å². The fourth-order valence-corrected chi connectivity index (χ4v) is 5.53. The maximum Gasteiger partial charge on any atom is 0.416 e. The molecular formula is C31H28F6N6O5. The Bertz CT molecular complexity index is 1730. The summed E-state index contributed by atoms with van der Waals surface area (Å²) in [6.45, 7) is 3.66. The van der Waals surface area contributed by atoms with Crippen molar-refractivity contribution in [2.75, 3.05) is 28.8 Å². The SMILES string of the molecule is CCOC(=O)N1c2ccc(OC)nc2[C@@H](Nc2ncc(N3C(=O)C=CC3=O)c(Cc3cc(C(F)(F)F)cc(C(F)(F)F)c3)n2)C[C@H]1CC. The highest BCUT2D eigenvalue weighted by molar-refractivity contribution is 6.28.